The molecule has 0 saturated heterocycles. The summed E-state index contributed by atoms with van der Waals surface area (Å²) in [5, 5.41) is 13.5. The lowest BCUT2D eigenvalue weighted by atomic mass is 10.2. The van der Waals surface area contributed by atoms with E-state index in [1.807, 2.05) is 38.2 Å². The second-order valence-electron chi connectivity index (χ2n) is 5.26. The molecule has 0 saturated carbocycles. The minimum atomic E-state index is 0. The minimum absolute atomic E-state index is 0. The van der Waals surface area contributed by atoms with Crippen LogP contribution in [-0.2, 0) is 13.1 Å². The van der Waals surface area contributed by atoms with E-state index < -0.39 is 0 Å². The van der Waals surface area contributed by atoms with E-state index in [9.17, 15) is 0 Å². The number of guanidine groups is 1. The predicted octanol–water partition coefficient (Wildman–Crippen LogP) is 2.32. The number of H-pyrrole nitrogens is 1. The molecule has 1 aliphatic heterocycles. The number of benzene rings is 1. The quantitative estimate of drug-likeness (QED) is 0.376. The van der Waals surface area contributed by atoms with Crippen molar-refractivity contribution in [3.8, 4) is 11.5 Å². The SMILES string of the molecule is CCNC(=NCc1ccc2c(c1)OCO2)NCc1cn[nH]c1C.I. The number of halogens is 1. The van der Waals surface area contributed by atoms with Gasteiger partial charge in [-0.1, -0.05) is 6.07 Å². The van der Waals surface area contributed by atoms with Crippen molar-refractivity contribution in [2.75, 3.05) is 13.3 Å². The maximum absolute atomic E-state index is 5.39. The molecule has 0 fully saturated rings. The van der Waals surface area contributed by atoms with Crippen LogP contribution >= 0.6 is 24.0 Å². The van der Waals surface area contributed by atoms with Crippen LogP contribution in [0.1, 0.15) is 23.7 Å². The molecule has 1 aromatic heterocycles. The van der Waals surface area contributed by atoms with Crippen molar-refractivity contribution < 1.29 is 9.47 Å². The van der Waals surface area contributed by atoms with Crippen molar-refractivity contribution in [3.05, 3.63) is 41.2 Å². The van der Waals surface area contributed by atoms with Gasteiger partial charge in [-0.15, -0.1) is 24.0 Å². The molecule has 8 heteroatoms. The first-order valence-electron chi connectivity index (χ1n) is 7.66. The molecule has 3 N–H and O–H groups in total. The Morgan fingerprint density at radius 3 is 2.88 bits per heavy atom. The van der Waals surface area contributed by atoms with Crippen LogP contribution in [0.15, 0.2) is 29.4 Å². The Morgan fingerprint density at radius 2 is 2.12 bits per heavy atom. The highest BCUT2D eigenvalue weighted by molar-refractivity contribution is 14.0. The first kappa shape index (κ1) is 18.4. The molecule has 130 valence electrons. The zero-order valence-corrected chi connectivity index (χ0v) is 16.1. The Balaban J connectivity index is 0.00000208. The molecule has 0 spiro atoms. The fourth-order valence-electron chi connectivity index (χ4n) is 2.28. The van der Waals surface area contributed by atoms with E-state index in [1.54, 1.807) is 0 Å². The van der Waals surface area contributed by atoms with Gasteiger partial charge in [-0.25, -0.2) is 4.99 Å². The molecule has 24 heavy (non-hydrogen) atoms. The van der Waals surface area contributed by atoms with Gasteiger partial charge in [0.05, 0.1) is 12.7 Å². The first-order valence-corrected chi connectivity index (χ1v) is 7.66. The summed E-state index contributed by atoms with van der Waals surface area (Å²) in [5.41, 5.74) is 3.26. The van der Waals surface area contributed by atoms with Gasteiger partial charge in [0, 0.05) is 24.3 Å². The fraction of sp³-hybridized carbons (Fsp3) is 0.375. The lowest BCUT2D eigenvalue weighted by Crippen LogP contribution is -2.36. The predicted molar refractivity (Wildman–Crippen MR) is 103 cm³/mol. The van der Waals surface area contributed by atoms with E-state index in [0.29, 0.717) is 13.1 Å². The topological polar surface area (TPSA) is 83.6 Å². The largest absolute Gasteiger partial charge is 0.454 e. The van der Waals surface area contributed by atoms with Gasteiger partial charge in [0.2, 0.25) is 6.79 Å². The molecule has 2 aromatic rings. The second-order valence-corrected chi connectivity index (χ2v) is 5.26. The molecule has 1 aromatic carbocycles. The summed E-state index contributed by atoms with van der Waals surface area (Å²) in [6.07, 6.45) is 1.82. The smallest absolute Gasteiger partial charge is 0.231 e. The zero-order valence-electron chi connectivity index (χ0n) is 13.8. The number of nitrogens with one attached hydrogen (secondary N) is 3. The molecule has 0 unspecified atom stereocenters. The molecule has 3 rings (SSSR count). The monoisotopic (exact) mass is 443 g/mol. The number of aliphatic imine (C=N–C) groups is 1. The standard InChI is InChI=1S/C16H21N5O2.HI/c1-3-17-16(19-8-13-9-20-21-11(13)2)18-7-12-4-5-14-15(6-12)23-10-22-14;/h4-6,9H,3,7-8,10H2,1-2H3,(H,20,21)(H2,17,18,19);1H. The van der Waals surface area contributed by atoms with Crippen molar-refractivity contribution in [3.63, 3.8) is 0 Å². The van der Waals surface area contributed by atoms with Crippen LogP contribution in [0, 0.1) is 6.92 Å². The van der Waals surface area contributed by atoms with Crippen LogP contribution in [0.5, 0.6) is 11.5 Å². The average Bonchev–Trinajstić information content (AvgIpc) is 3.18. The van der Waals surface area contributed by atoms with Crippen LogP contribution in [0.25, 0.3) is 0 Å². The molecular formula is C16H22IN5O2. The summed E-state index contributed by atoms with van der Waals surface area (Å²) in [7, 11) is 0. The molecule has 0 aliphatic carbocycles. The van der Waals surface area contributed by atoms with Gasteiger partial charge in [0.1, 0.15) is 0 Å². The number of nitrogens with zero attached hydrogens (tertiary/aromatic N) is 2. The lowest BCUT2D eigenvalue weighted by Gasteiger charge is -2.11. The van der Waals surface area contributed by atoms with Crippen molar-refractivity contribution in [2.24, 2.45) is 4.99 Å². The Labute approximate surface area is 158 Å². The van der Waals surface area contributed by atoms with Gasteiger partial charge in [-0.3, -0.25) is 5.10 Å². The molecule has 7 nitrogen and oxygen atoms in total. The Hall–Kier alpha value is -1.97. The van der Waals surface area contributed by atoms with Crippen LogP contribution in [0.3, 0.4) is 0 Å². The van der Waals surface area contributed by atoms with Gasteiger partial charge < -0.3 is 20.1 Å². The third-order valence-electron chi connectivity index (χ3n) is 3.58. The van der Waals surface area contributed by atoms with E-state index in [0.717, 1.165) is 40.8 Å². The highest BCUT2D eigenvalue weighted by Crippen LogP contribution is 2.32. The zero-order chi connectivity index (χ0) is 16.1. The van der Waals surface area contributed by atoms with Gasteiger partial charge in [-0.05, 0) is 31.5 Å². The summed E-state index contributed by atoms with van der Waals surface area (Å²) >= 11 is 0. The number of hydrogen-bond donors (Lipinski definition) is 3. The highest BCUT2D eigenvalue weighted by atomic mass is 127. The lowest BCUT2D eigenvalue weighted by molar-refractivity contribution is 0.174. The molecule has 1 aliphatic rings. The van der Waals surface area contributed by atoms with Crippen LogP contribution in [0.2, 0.25) is 0 Å². The number of ether oxygens (including phenoxy) is 2. The highest BCUT2D eigenvalue weighted by Gasteiger charge is 2.13. The minimum Gasteiger partial charge on any atom is -0.454 e. The third kappa shape index (κ3) is 4.53. The molecule has 0 amide bonds. The Morgan fingerprint density at radius 1 is 1.29 bits per heavy atom. The summed E-state index contributed by atoms with van der Waals surface area (Å²) in [4.78, 5) is 4.61. The van der Waals surface area contributed by atoms with Crippen LogP contribution in [-0.4, -0.2) is 29.5 Å². The molecule has 0 bridgehead atoms. The molecule has 2 heterocycles. The van der Waals surface area contributed by atoms with Crippen LogP contribution in [0.4, 0.5) is 0 Å². The van der Waals surface area contributed by atoms with Crippen LogP contribution < -0.4 is 20.1 Å². The van der Waals surface area contributed by atoms with E-state index in [2.05, 4.69) is 25.8 Å². The number of fused-ring (bicyclic) bond motifs is 1. The number of rotatable bonds is 5. The van der Waals surface area contributed by atoms with Crippen molar-refractivity contribution >= 4 is 29.9 Å². The maximum Gasteiger partial charge on any atom is 0.231 e. The summed E-state index contributed by atoms with van der Waals surface area (Å²) < 4.78 is 10.7. The molecule has 0 atom stereocenters. The van der Waals surface area contributed by atoms with Crippen molar-refractivity contribution in [1.82, 2.24) is 20.8 Å². The van der Waals surface area contributed by atoms with Crippen molar-refractivity contribution in [2.45, 2.75) is 26.9 Å². The van der Waals surface area contributed by atoms with E-state index in [-0.39, 0.29) is 30.8 Å². The summed E-state index contributed by atoms with van der Waals surface area (Å²) in [6.45, 7) is 6.38. The number of aromatic nitrogens is 2. The molecule has 0 radical (unpaired) electrons. The van der Waals surface area contributed by atoms with Crippen molar-refractivity contribution in [1.29, 1.82) is 0 Å². The fourth-order valence-corrected chi connectivity index (χ4v) is 2.28. The Bertz CT molecular complexity index is 702. The first-order chi connectivity index (χ1) is 11.3. The number of aromatic amines is 1. The molecular weight excluding hydrogens is 421 g/mol. The Kier molecular flexibility index (Phi) is 6.71. The summed E-state index contributed by atoms with van der Waals surface area (Å²) in [6, 6.07) is 5.89. The van der Waals surface area contributed by atoms with Gasteiger partial charge in [-0.2, -0.15) is 5.10 Å². The van der Waals surface area contributed by atoms with E-state index in [1.165, 1.54) is 0 Å². The maximum atomic E-state index is 5.39. The second kappa shape index (κ2) is 8.76. The van der Waals surface area contributed by atoms with Gasteiger partial charge >= 0.3 is 0 Å². The average molecular weight is 443 g/mol. The van der Waals surface area contributed by atoms with E-state index in [4.69, 9.17) is 9.47 Å². The van der Waals surface area contributed by atoms with Gasteiger partial charge in [0.15, 0.2) is 17.5 Å². The summed E-state index contributed by atoms with van der Waals surface area (Å²) in [5.74, 6) is 2.34. The van der Waals surface area contributed by atoms with Gasteiger partial charge in [0.25, 0.3) is 0 Å². The number of hydrogen-bond acceptors (Lipinski definition) is 4. The normalized spacial score (nSPS) is 12.7. The third-order valence-corrected chi connectivity index (χ3v) is 3.58. The number of aryl methyl sites for hydroxylation is 1. The van der Waals surface area contributed by atoms with E-state index >= 15 is 0 Å².